The molecule has 0 spiro atoms. The van der Waals surface area contributed by atoms with Gasteiger partial charge in [-0.3, -0.25) is 0 Å². The molecule has 15 heavy (non-hydrogen) atoms. The van der Waals surface area contributed by atoms with Crippen LogP contribution in [-0.4, -0.2) is 32.5 Å². The molecule has 0 aromatic heterocycles. The lowest BCUT2D eigenvalue weighted by Crippen LogP contribution is -2.32. The molecule has 0 aromatic carbocycles. The molecule has 1 heterocycles. The van der Waals surface area contributed by atoms with Crippen LogP contribution in [0, 0.1) is 5.92 Å². The van der Waals surface area contributed by atoms with E-state index in [1.807, 2.05) is 0 Å². The third-order valence-electron chi connectivity index (χ3n) is 2.50. The lowest BCUT2D eigenvalue weighted by molar-refractivity contribution is -0.138. The third kappa shape index (κ3) is 6.73. The lowest BCUT2D eigenvalue weighted by atomic mass is 10.0. The molecule has 1 fully saturated rings. The molecule has 0 saturated carbocycles. The fourth-order valence-electron chi connectivity index (χ4n) is 1.69. The molecule has 1 atom stereocenters. The first kappa shape index (κ1) is 12.8. The number of ether oxygens (including phenoxy) is 1. The predicted molar refractivity (Wildman–Crippen MR) is 51.7 cm³/mol. The van der Waals surface area contributed by atoms with Crippen molar-refractivity contribution < 1.29 is 17.9 Å². The van der Waals surface area contributed by atoms with Gasteiger partial charge in [-0.2, -0.15) is 13.2 Å². The van der Waals surface area contributed by atoms with Crippen LogP contribution >= 0.6 is 0 Å². The van der Waals surface area contributed by atoms with E-state index in [1.165, 1.54) is 0 Å². The van der Waals surface area contributed by atoms with Crippen LogP contribution in [0.5, 0.6) is 0 Å². The van der Waals surface area contributed by atoms with Crippen molar-refractivity contribution in [2.24, 2.45) is 5.92 Å². The van der Waals surface area contributed by atoms with Gasteiger partial charge in [-0.05, 0) is 31.7 Å². The summed E-state index contributed by atoms with van der Waals surface area (Å²) >= 11 is 0. The van der Waals surface area contributed by atoms with Gasteiger partial charge >= 0.3 is 6.18 Å². The van der Waals surface area contributed by atoms with E-state index >= 15 is 0 Å². The average Bonchev–Trinajstić information content (AvgIpc) is 2.17. The fourth-order valence-corrected chi connectivity index (χ4v) is 1.69. The predicted octanol–water partition coefficient (Wildman–Crippen LogP) is 2.35. The third-order valence-corrected chi connectivity index (χ3v) is 2.50. The van der Waals surface area contributed by atoms with Gasteiger partial charge in [0.05, 0.1) is 6.61 Å². The fraction of sp³-hybridized carbons (Fsp3) is 1.00. The number of hydrogen-bond acceptors (Lipinski definition) is 2. The molecule has 0 amide bonds. The van der Waals surface area contributed by atoms with E-state index in [1.54, 1.807) is 0 Å². The molecule has 1 N–H and O–H groups in total. The maximum absolute atomic E-state index is 11.8. The van der Waals surface area contributed by atoms with Crippen molar-refractivity contribution in [1.82, 2.24) is 5.32 Å². The summed E-state index contributed by atoms with van der Waals surface area (Å²) in [7, 11) is 0. The minimum Gasteiger partial charge on any atom is -0.381 e. The summed E-state index contributed by atoms with van der Waals surface area (Å²) in [6, 6.07) is 0. The molecule has 1 aliphatic heterocycles. The van der Waals surface area contributed by atoms with Gasteiger partial charge < -0.3 is 10.1 Å². The Morgan fingerprint density at radius 2 is 2.13 bits per heavy atom. The van der Waals surface area contributed by atoms with Crippen molar-refractivity contribution in [1.29, 1.82) is 0 Å². The minimum atomic E-state index is -4.05. The zero-order valence-corrected chi connectivity index (χ0v) is 8.78. The number of nitrogens with one attached hydrogen (secondary N) is 1. The summed E-state index contributed by atoms with van der Waals surface area (Å²) in [5.74, 6) is 0.477. The maximum Gasteiger partial charge on any atom is 0.389 e. The molecule has 0 aromatic rings. The van der Waals surface area contributed by atoms with Crippen LogP contribution in [0.3, 0.4) is 0 Å². The minimum absolute atomic E-state index is 0.0731. The van der Waals surface area contributed by atoms with Crippen molar-refractivity contribution in [3.05, 3.63) is 0 Å². The van der Waals surface area contributed by atoms with E-state index in [4.69, 9.17) is 4.74 Å². The van der Waals surface area contributed by atoms with E-state index < -0.39 is 12.6 Å². The van der Waals surface area contributed by atoms with Gasteiger partial charge in [0.1, 0.15) is 0 Å². The number of rotatable bonds is 5. The highest BCUT2D eigenvalue weighted by Gasteiger charge is 2.26. The molecule has 1 rings (SSSR count). The smallest absolute Gasteiger partial charge is 0.381 e. The second-order valence-electron chi connectivity index (χ2n) is 4.01. The Bertz CT molecular complexity index is 167. The van der Waals surface area contributed by atoms with E-state index in [0.717, 1.165) is 25.9 Å². The standard InChI is InChI=1S/C10H18F3NO/c11-10(12,13)4-2-6-15-8-9-3-1-5-14-7-9/h9,14H,1-8H2. The highest BCUT2D eigenvalue weighted by Crippen LogP contribution is 2.21. The van der Waals surface area contributed by atoms with Crippen LogP contribution in [0.25, 0.3) is 0 Å². The summed E-state index contributed by atoms with van der Waals surface area (Å²) in [6.45, 7) is 2.78. The number of alkyl halides is 3. The summed E-state index contributed by atoms with van der Waals surface area (Å²) in [6.07, 6.45) is -2.46. The van der Waals surface area contributed by atoms with Gasteiger partial charge in [0.15, 0.2) is 0 Å². The molecule has 1 aliphatic rings. The van der Waals surface area contributed by atoms with Gasteiger partial charge in [-0.25, -0.2) is 0 Å². The summed E-state index contributed by atoms with van der Waals surface area (Å²) in [5, 5.41) is 3.24. The molecule has 90 valence electrons. The number of halogens is 3. The second-order valence-corrected chi connectivity index (χ2v) is 4.01. The normalized spacial score (nSPS) is 23.0. The number of piperidine rings is 1. The zero-order valence-electron chi connectivity index (χ0n) is 8.78. The molecular weight excluding hydrogens is 207 g/mol. The summed E-state index contributed by atoms with van der Waals surface area (Å²) < 4.78 is 40.5. The lowest BCUT2D eigenvalue weighted by Gasteiger charge is -2.22. The molecule has 5 heteroatoms. The Morgan fingerprint density at radius 3 is 2.73 bits per heavy atom. The van der Waals surface area contributed by atoms with Crippen molar-refractivity contribution in [3.63, 3.8) is 0 Å². The molecule has 0 bridgehead atoms. The first-order chi connectivity index (χ1) is 7.08. The van der Waals surface area contributed by atoms with Crippen molar-refractivity contribution in [2.45, 2.75) is 31.9 Å². The van der Waals surface area contributed by atoms with Gasteiger partial charge in [-0.15, -0.1) is 0 Å². The molecule has 0 aliphatic carbocycles. The molecule has 1 unspecified atom stereocenters. The molecule has 0 radical (unpaired) electrons. The Labute approximate surface area is 88.2 Å². The highest BCUT2D eigenvalue weighted by molar-refractivity contribution is 4.68. The van der Waals surface area contributed by atoms with Crippen molar-refractivity contribution in [2.75, 3.05) is 26.3 Å². The molecule has 2 nitrogen and oxygen atoms in total. The average molecular weight is 225 g/mol. The van der Waals surface area contributed by atoms with E-state index in [0.29, 0.717) is 12.5 Å². The number of hydrogen-bond donors (Lipinski definition) is 1. The van der Waals surface area contributed by atoms with Crippen LogP contribution in [0.2, 0.25) is 0 Å². The molecular formula is C10H18F3NO. The van der Waals surface area contributed by atoms with Crippen LogP contribution in [-0.2, 0) is 4.74 Å². The largest absolute Gasteiger partial charge is 0.389 e. The SMILES string of the molecule is FC(F)(F)CCCOCC1CCCNC1. The highest BCUT2D eigenvalue weighted by atomic mass is 19.4. The van der Waals surface area contributed by atoms with Crippen LogP contribution in [0.15, 0.2) is 0 Å². The Kier molecular flexibility index (Phi) is 5.39. The van der Waals surface area contributed by atoms with E-state index in [9.17, 15) is 13.2 Å². The quantitative estimate of drug-likeness (QED) is 0.725. The maximum atomic E-state index is 11.8. The Balaban J connectivity index is 1.92. The van der Waals surface area contributed by atoms with Gasteiger partial charge in [0.25, 0.3) is 0 Å². The Hall–Kier alpha value is -0.290. The van der Waals surface area contributed by atoms with Crippen LogP contribution in [0.1, 0.15) is 25.7 Å². The van der Waals surface area contributed by atoms with Crippen molar-refractivity contribution >= 4 is 0 Å². The van der Waals surface area contributed by atoms with Crippen molar-refractivity contribution in [3.8, 4) is 0 Å². The summed E-state index contributed by atoms with van der Waals surface area (Å²) in [4.78, 5) is 0. The van der Waals surface area contributed by atoms with E-state index in [-0.39, 0.29) is 13.0 Å². The van der Waals surface area contributed by atoms with Crippen LogP contribution < -0.4 is 5.32 Å². The first-order valence-corrected chi connectivity index (χ1v) is 5.43. The zero-order chi connectivity index (χ0) is 11.1. The summed E-state index contributed by atoms with van der Waals surface area (Å²) in [5.41, 5.74) is 0. The van der Waals surface area contributed by atoms with E-state index in [2.05, 4.69) is 5.32 Å². The molecule has 1 saturated heterocycles. The van der Waals surface area contributed by atoms with Crippen LogP contribution in [0.4, 0.5) is 13.2 Å². The second kappa shape index (κ2) is 6.33. The van der Waals surface area contributed by atoms with Gasteiger partial charge in [-0.1, -0.05) is 0 Å². The van der Waals surface area contributed by atoms with Gasteiger partial charge in [0, 0.05) is 19.6 Å². The first-order valence-electron chi connectivity index (χ1n) is 5.43. The Morgan fingerprint density at radius 1 is 1.33 bits per heavy atom. The monoisotopic (exact) mass is 225 g/mol. The topological polar surface area (TPSA) is 21.3 Å². The van der Waals surface area contributed by atoms with Gasteiger partial charge in [0.2, 0.25) is 0 Å².